The molecule has 1 atom stereocenters. The molecule has 0 aromatic heterocycles. The van der Waals surface area contributed by atoms with Gasteiger partial charge in [0, 0.05) is 38.8 Å². The lowest BCUT2D eigenvalue weighted by Crippen LogP contribution is -2.39. The van der Waals surface area contributed by atoms with E-state index < -0.39 is 41.7 Å². The standard InChI is InChI=1S/C39H61N3O18/c43-33-8-9-34(44)41(33)59-37(47)12-16-50-20-24-54-28-30-56-26-22-52-18-14-40(39(49)58-32-6-4-2-1-3-5-7-32)15-19-53-23-27-57-31-29-55-25-21-51-17-13-38(48)60-42-35(45)10-11-36(42)46/h1-2,32H,3-31H2/b2-1-. The molecular weight excluding hydrogens is 798 g/mol. The second-order valence-corrected chi connectivity index (χ2v) is 13.5. The van der Waals surface area contributed by atoms with E-state index in [1.54, 1.807) is 4.90 Å². The zero-order valence-electron chi connectivity index (χ0n) is 34.4. The summed E-state index contributed by atoms with van der Waals surface area (Å²) in [6, 6.07) is 0. The van der Waals surface area contributed by atoms with Gasteiger partial charge in [0.15, 0.2) is 0 Å². The van der Waals surface area contributed by atoms with Crippen molar-refractivity contribution in [2.24, 2.45) is 0 Å². The molecule has 0 saturated carbocycles. The Hall–Kier alpha value is -4.09. The van der Waals surface area contributed by atoms with Gasteiger partial charge >= 0.3 is 18.0 Å². The van der Waals surface area contributed by atoms with Crippen molar-refractivity contribution in [3.05, 3.63) is 12.2 Å². The van der Waals surface area contributed by atoms with Crippen LogP contribution < -0.4 is 0 Å². The number of hydrogen-bond acceptors (Lipinski definition) is 18. The quantitative estimate of drug-likeness (QED) is 0.0516. The van der Waals surface area contributed by atoms with Gasteiger partial charge in [-0.15, -0.1) is 10.1 Å². The van der Waals surface area contributed by atoms with E-state index >= 15 is 0 Å². The Balaban J connectivity index is 1.15. The fourth-order valence-electron chi connectivity index (χ4n) is 5.55. The first-order valence-corrected chi connectivity index (χ1v) is 20.6. The van der Waals surface area contributed by atoms with Gasteiger partial charge in [-0.05, 0) is 32.1 Å². The summed E-state index contributed by atoms with van der Waals surface area (Å²) in [7, 11) is 0. The predicted molar refractivity (Wildman–Crippen MR) is 204 cm³/mol. The van der Waals surface area contributed by atoms with E-state index in [2.05, 4.69) is 12.2 Å². The highest BCUT2D eigenvalue weighted by Crippen LogP contribution is 2.17. The van der Waals surface area contributed by atoms with Gasteiger partial charge in [-0.3, -0.25) is 19.2 Å². The molecule has 5 amide bonds. The van der Waals surface area contributed by atoms with Crippen LogP contribution in [-0.4, -0.2) is 182 Å². The van der Waals surface area contributed by atoms with E-state index in [9.17, 15) is 33.6 Å². The molecule has 2 fully saturated rings. The van der Waals surface area contributed by atoms with E-state index in [1.165, 1.54) is 0 Å². The van der Waals surface area contributed by atoms with E-state index in [-0.39, 0.29) is 97.5 Å². The van der Waals surface area contributed by atoms with Crippen LogP contribution >= 0.6 is 0 Å². The molecule has 0 aromatic rings. The average molecular weight is 860 g/mol. The van der Waals surface area contributed by atoms with Crippen LogP contribution in [0.3, 0.4) is 0 Å². The average Bonchev–Trinajstić information content (AvgIpc) is 3.71. The Morgan fingerprint density at radius 2 is 0.833 bits per heavy atom. The molecule has 1 aliphatic carbocycles. The summed E-state index contributed by atoms with van der Waals surface area (Å²) >= 11 is 0. The van der Waals surface area contributed by atoms with Crippen molar-refractivity contribution in [2.45, 2.75) is 76.7 Å². The molecule has 2 aliphatic heterocycles. The topological polar surface area (TPSA) is 231 Å². The van der Waals surface area contributed by atoms with Crippen LogP contribution in [0.15, 0.2) is 12.2 Å². The summed E-state index contributed by atoms with van der Waals surface area (Å²) in [6.45, 7) is 4.99. The maximum atomic E-state index is 13.1. The minimum atomic E-state index is -0.725. The van der Waals surface area contributed by atoms with Crippen molar-refractivity contribution >= 4 is 41.7 Å². The molecule has 21 nitrogen and oxygen atoms in total. The number of carbonyl (C=O) groups is 7. The minimum absolute atomic E-state index is 0.0370. The highest BCUT2D eigenvalue weighted by atomic mass is 16.7. The summed E-state index contributed by atoms with van der Waals surface area (Å²) < 4.78 is 49.8. The Morgan fingerprint density at radius 3 is 1.23 bits per heavy atom. The van der Waals surface area contributed by atoms with Crippen LogP contribution in [0.1, 0.15) is 70.6 Å². The third-order valence-electron chi connectivity index (χ3n) is 8.79. The molecule has 340 valence electrons. The first-order valence-electron chi connectivity index (χ1n) is 20.6. The summed E-state index contributed by atoms with van der Waals surface area (Å²) in [5, 5.41) is 1.01. The molecule has 0 N–H and O–H groups in total. The lowest BCUT2D eigenvalue weighted by atomic mass is 10.0. The minimum Gasteiger partial charge on any atom is -0.446 e. The zero-order chi connectivity index (χ0) is 43.0. The van der Waals surface area contributed by atoms with Gasteiger partial charge in [-0.1, -0.05) is 12.2 Å². The van der Waals surface area contributed by atoms with Crippen molar-refractivity contribution in [3.63, 3.8) is 0 Å². The van der Waals surface area contributed by atoms with E-state index in [0.717, 1.165) is 32.1 Å². The molecule has 0 spiro atoms. The van der Waals surface area contributed by atoms with Gasteiger partial charge in [-0.2, -0.15) is 0 Å². The Morgan fingerprint density at radius 1 is 0.483 bits per heavy atom. The third kappa shape index (κ3) is 22.5. The molecule has 2 heterocycles. The first kappa shape index (κ1) is 50.3. The zero-order valence-corrected chi connectivity index (χ0v) is 34.4. The lowest BCUT2D eigenvalue weighted by molar-refractivity contribution is -0.198. The number of ether oxygens (including phenoxy) is 9. The molecule has 2 saturated heterocycles. The Kier molecular flexibility index (Phi) is 26.6. The molecule has 21 heteroatoms. The van der Waals surface area contributed by atoms with Crippen molar-refractivity contribution < 1.29 is 85.9 Å². The fourth-order valence-corrected chi connectivity index (χ4v) is 5.55. The predicted octanol–water partition coefficient (Wildman–Crippen LogP) is 1.44. The van der Waals surface area contributed by atoms with E-state index in [4.69, 9.17) is 52.3 Å². The van der Waals surface area contributed by atoms with Gasteiger partial charge in [0.2, 0.25) is 0 Å². The van der Waals surface area contributed by atoms with Crippen molar-refractivity contribution in [1.29, 1.82) is 0 Å². The molecule has 0 radical (unpaired) electrons. The number of hydrogen-bond donors (Lipinski definition) is 0. The molecular formula is C39H61N3O18. The Bertz CT molecular complexity index is 1240. The summed E-state index contributed by atoms with van der Waals surface area (Å²) in [5.41, 5.74) is 0. The number of hydroxylamine groups is 4. The lowest BCUT2D eigenvalue weighted by Gasteiger charge is -2.26. The van der Waals surface area contributed by atoms with Gasteiger partial charge in [0.1, 0.15) is 6.10 Å². The number of nitrogens with zero attached hydrogens (tertiary/aromatic N) is 3. The first-order chi connectivity index (χ1) is 29.2. The molecule has 60 heavy (non-hydrogen) atoms. The Labute approximate surface area is 349 Å². The summed E-state index contributed by atoms with van der Waals surface area (Å²) in [6.07, 6.45) is 8.04. The summed E-state index contributed by atoms with van der Waals surface area (Å²) in [4.78, 5) is 93.7. The van der Waals surface area contributed by atoms with Crippen LogP contribution in [-0.2, 0) is 81.1 Å². The number of allylic oxidation sites excluding steroid dienone is 2. The van der Waals surface area contributed by atoms with Crippen LogP contribution in [0, 0.1) is 0 Å². The van der Waals surface area contributed by atoms with Crippen LogP contribution in [0.2, 0.25) is 0 Å². The van der Waals surface area contributed by atoms with E-state index in [1.807, 2.05) is 0 Å². The molecule has 0 aromatic carbocycles. The van der Waals surface area contributed by atoms with E-state index in [0.29, 0.717) is 76.1 Å². The monoisotopic (exact) mass is 859 g/mol. The number of imide groups is 2. The van der Waals surface area contributed by atoms with Crippen molar-refractivity contribution in [1.82, 2.24) is 15.0 Å². The van der Waals surface area contributed by atoms with Crippen LogP contribution in [0.25, 0.3) is 0 Å². The largest absolute Gasteiger partial charge is 0.446 e. The third-order valence-corrected chi connectivity index (χ3v) is 8.79. The smallest absolute Gasteiger partial charge is 0.410 e. The summed E-state index contributed by atoms with van der Waals surface area (Å²) in [5.74, 6) is -3.57. The fraction of sp³-hybridized carbons (Fsp3) is 0.769. The SMILES string of the molecule is O=C(CCOCCOCCOCCOCCN(CCOCCOCCOCCOCCC(=O)ON1C(=O)CCC1=O)C(=O)OC1CC/C=C\CCC1)ON1C(=O)CCC1=O. The van der Waals surface area contributed by atoms with Crippen molar-refractivity contribution in [3.8, 4) is 0 Å². The molecule has 3 rings (SSSR count). The van der Waals surface area contributed by atoms with Gasteiger partial charge in [0.05, 0.1) is 119 Å². The molecule has 0 bridgehead atoms. The maximum Gasteiger partial charge on any atom is 0.410 e. The second-order valence-electron chi connectivity index (χ2n) is 13.5. The number of carbonyl (C=O) groups excluding carboxylic acids is 7. The normalized spacial score (nSPS) is 17.5. The second kappa shape index (κ2) is 31.7. The maximum absolute atomic E-state index is 13.1. The highest BCUT2D eigenvalue weighted by molar-refractivity contribution is 6.02. The van der Waals surface area contributed by atoms with Gasteiger partial charge in [0.25, 0.3) is 23.6 Å². The molecule has 1 unspecified atom stereocenters. The number of amides is 5. The van der Waals surface area contributed by atoms with Gasteiger partial charge in [-0.25, -0.2) is 14.4 Å². The molecule has 3 aliphatic rings. The van der Waals surface area contributed by atoms with Gasteiger partial charge < -0.3 is 57.2 Å². The highest BCUT2D eigenvalue weighted by Gasteiger charge is 2.33. The van der Waals surface area contributed by atoms with Crippen molar-refractivity contribution in [2.75, 3.05) is 119 Å². The van der Waals surface area contributed by atoms with Crippen LogP contribution in [0.5, 0.6) is 0 Å². The van der Waals surface area contributed by atoms with Crippen LogP contribution in [0.4, 0.5) is 4.79 Å². The number of rotatable bonds is 33.